The fraction of sp³-hybridized carbons (Fsp3) is 0.429. The average Bonchev–Trinajstić information content (AvgIpc) is 1.85. The molecule has 11 heavy (non-hydrogen) atoms. The van der Waals surface area contributed by atoms with Crippen molar-refractivity contribution in [3.8, 4) is 0 Å². The van der Waals surface area contributed by atoms with Crippen molar-refractivity contribution in [1.82, 2.24) is 9.97 Å². The van der Waals surface area contributed by atoms with Gasteiger partial charge < -0.3 is 4.98 Å². The molecule has 1 aromatic rings. The lowest BCUT2D eigenvalue weighted by Crippen LogP contribution is -1.94. The molecule has 60 valence electrons. The summed E-state index contributed by atoms with van der Waals surface area (Å²) in [4.78, 5) is 7.31. The van der Waals surface area contributed by atoms with Crippen LogP contribution in [0, 0.1) is 11.6 Å². The van der Waals surface area contributed by atoms with E-state index >= 15 is 0 Å². The Bertz CT molecular complexity index is 293. The number of aromatic nitrogens is 2. The van der Waals surface area contributed by atoms with Crippen LogP contribution in [0.2, 0.25) is 0 Å². The van der Waals surface area contributed by atoms with Gasteiger partial charge in [0.15, 0.2) is 0 Å². The molecule has 0 unspecified atom stereocenters. The fourth-order valence-electron chi connectivity index (χ4n) is 0.847. The molecule has 0 saturated carbocycles. The summed E-state index contributed by atoms with van der Waals surface area (Å²) < 4.78 is 0.672. The van der Waals surface area contributed by atoms with Crippen LogP contribution < -0.4 is 0 Å². The van der Waals surface area contributed by atoms with Gasteiger partial charge >= 0.3 is 0 Å². The molecule has 0 bridgehead atoms. The van der Waals surface area contributed by atoms with Gasteiger partial charge in [-0.3, -0.25) is 0 Å². The van der Waals surface area contributed by atoms with Gasteiger partial charge in [0.2, 0.25) is 0 Å². The molecule has 0 saturated heterocycles. The first-order valence-corrected chi connectivity index (χ1v) is 5.08. The maximum Gasteiger partial charge on any atom is 0.130 e. The van der Waals surface area contributed by atoms with Crippen LogP contribution in [0.1, 0.15) is 11.5 Å². The van der Waals surface area contributed by atoms with Gasteiger partial charge in [-0.05, 0) is 19.2 Å². The van der Waals surface area contributed by atoms with Gasteiger partial charge in [-0.1, -0.05) is 12.2 Å². The molecule has 0 fully saturated rings. The topological polar surface area (TPSA) is 28.7 Å². The highest BCUT2D eigenvalue weighted by Crippen LogP contribution is 2.04. The van der Waals surface area contributed by atoms with Crippen molar-refractivity contribution < 1.29 is 0 Å². The molecule has 4 heteroatoms. The molecule has 0 radical (unpaired) electrons. The van der Waals surface area contributed by atoms with E-state index in [1.165, 1.54) is 0 Å². The van der Waals surface area contributed by atoms with E-state index in [1.807, 2.05) is 19.2 Å². The first-order valence-electron chi connectivity index (χ1n) is 3.28. The van der Waals surface area contributed by atoms with Crippen molar-refractivity contribution in [3.05, 3.63) is 22.2 Å². The number of aryl methyl sites for hydroxylation is 1. The summed E-state index contributed by atoms with van der Waals surface area (Å²) in [5.41, 5.74) is 1.08. The van der Waals surface area contributed by atoms with E-state index in [1.54, 1.807) is 11.8 Å². The molecule has 0 atom stereocenters. The van der Waals surface area contributed by atoms with Gasteiger partial charge in [0.25, 0.3) is 0 Å². The van der Waals surface area contributed by atoms with Crippen LogP contribution in [-0.2, 0) is 5.75 Å². The van der Waals surface area contributed by atoms with Crippen LogP contribution in [0.5, 0.6) is 0 Å². The minimum atomic E-state index is 0.672. The van der Waals surface area contributed by atoms with Gasteiger partial charge in [0.1, 0.15) is 10.5 Å². The van der Waals surface area contributed by atoms with Crippen molar-refractivity contribution in [3.63, 3.8) is 0 Å². The Kier molecular flexibility index (Phi) is 3.08. The molecular weight excluding hydrogens is 176 g/mol. The molecule has 2 nitrogen and oxygen atoms in total. The summed E-state index contributed by atoms with van der Waals surface area (Å²) in [6, 6.07) is 1.86. The lowest BCUT2D eigenvalue weighted by Gasteiger charge is -1.98. The van der Waals surface area contributed by atoms with Crippen LogP contribution in [-0.4, -0.2) is 16.2 Å². The summed E-state index contributed by atoms with van der Waals surface area (Å²) in [6.07, 6.45) is 2.04. The molecule has 0 aliphatic heterocycles. The number of aromatic amines is 1. The van der Waals surface area contributed by atoms with Gasteiger partial charge in [-0.15, -0.1) is 0 Å². The van der Waals surface area contributed by atoms with E-state index in [9.17, 15) is 0 Å². The normalized spacial score (nSPS) is 10.0. The zero-order valence-corrected chi connectivity index (χ0v) is 8.18. The largest absolute Gasteiger partial charge is 0.347 e. The smallest absolute Gasteiger partial charge is 0.130 e. The highest BCUT2D eigenvalue weighted by molar-refractivity contribution is 7.97. The molecule has 0 spiro atoms. The Morgan fingerprint density at radius 2 is 2.45 bits per heavy atom. The van der Waals surface area contributed by atoms with E-state index in [0.717, 1.165) is 17.3 Å². The lowest BCUT2D eigenvalue weighted by molar-refractivity contribution is 0.987. The highest BCUT2D eigenvalue weighted by atomic mass is 32.2. The van der Waals surface area contributed by atoms with Crippen molar-refractivity contribution in [1.29, 1.82) is 0 Å². The second-order valence-electron chi connectivity index (χ2n) is 2.28. The third-order valence-electron chi connectivity index (χ3n) is 1.21. The first kappa shape index (κ1) is 8.74. The summed E-state index contributed by atoms with van der Waals surface area (Å²) >= 11 is 6.69. The van der Waals surface area contributed by atoms with Crippen molar-refractivity contribution in [2.75, 3.05) is 6.26 Å². The fourth-order valence-corrected chi connectivity index (χ4v) is 1.54. The number of nitrogens with one attached hydrogen (secondary N) is 1. The molecule has 0 aliphatic carbocycles. The Hall–Kier alpha value is -0.350. The van der Waals surface area contributed by atoms with Gasteiger partial charge in [-0.2, -0.15) is 11.8 Å². The minimum Gasteiger partial charge on any atom is -0.347 e. The lowest BCUT2D eigenvalue weighted by atomic mass is 10.4. The molecular formula is C7H10N2S2. The number of hydrogen-bond acceptors (Lipinski definition) is 3. The summed E-state index contributed by atoms with van der Waals surface area (Å²) in [6.45, 7) is 1.99. The SMILES string of the molecule is CSCc1nc(=S)cc(C)[nH]1. The van der Waals surface area contributed by atoms with Crippen molar-refractivity contribution in [2.24, 2.45) is 0 Å². The predicted molar refractivity (Wildman–Crippen MR) is 51.4 cm³/mol. The van der Waals surface area contributed by atoms with Crippen LogP contribution in [0.4, 0.5) is 0 Å². The third-order valence-corrected chi connectivity index (χ3v) is 1.98. The molecule has 1 rings (SSSR count). The Balaban J connectivity index is 2.99. The molecule has 0 aliphatic rings. The number of H-pyrrole nitrogens is 1. The quantitative estimate of drug-likeness (QED) is 0.718. The second-order valence-corrected chi connectivity index (χ2v) is 3.57. The Labute approximate surface area is 75.4 Å². The van der Waals surface area contributed by atoms with Crippen molar-refractivity contribution in [2.45, 2.75) is 12.7 Å². The first-order chi connectivity index (χ1) is 5.22. The van der Waals surface area contributed by atoms with E-state index in [-0.39, 0.29) is 0 Å². The van der Waals surface area contributed by atoms with Gasteiger partial charge in [-0.25, -0.2) is 4.98 Å². The van der Waals surface area contributed by atoms with Gasteiger partial charge in [0, 0.05) is 5.69 Å². The van der Waals surface area contributed by atoms with E-state index in [2.05, 4.69) is 9.97 Å². The maximum atomic E-state index is 4.96. The average molecular weight is 186 g/mol. The number of thioether (sulfide) groups is 1. The predicted octanol–water partition coefficient (Wildman–Crippen LogP) is 2.31. The van der Waals surface area contributed by atoms with E-state index in [4.69, 9.17) is 12.2 Å². The van der Waals surface area contributed by atoms with Gasteiger partial charge in [0.05, 0.1) is 5.75 Å². The van der Waals surface area contributed by atoms with Crippen LogP contribution in [0.15, 0.2) is 6.07 Å². The molecule has 1 N–H and O–H groups in total. The molecule has 0 aromatic carbocycles. The van der Waals surface area contributed by atoms with Crippen LogP contribution >= 0.6 is 24.0 Å². The summed E-state index contributed by atoms with van der Waals surface area (Å²) in [7, 11) is 0. The summed E-state index contributed by atoms with van der Waals surface area (Å²) in [5.74, 6) is 1.85. The number of nitrogens with zero attached hydrogens (tertiary/aromatic N) is 1. The molecule has 1 heterocycles. The third kappa shape index (κ3) is 2.63. The zero-order chi connectivity index (χ0) is 8.27. The monoisotopic (exact) mass is 186 g/mol. The van der Waals surface area contributed by atoms with Crippen LogP contribution in [0.25, 0.3) is 0 Å². The summed E-state index contributed by atoms with van der Waals surface area (Å²) in [5, 5.41) is 0. The second kappa shape index (κ2) is 3.88. The Morgan fingerprint density at radius 3 is 3.00 bits per heavy atom. The van der Waals surface area contributed by atoms with Crippen LogP contribution in [0.3, 0.4) is 0 Å². The zero-order valence-electron chi connectivity index (χ0n) is 6.55. The van der Waals surface area contributed by atoms with E-state index < -0.39 is 0 Å². The molecule has 1 aromatic heterocycles. The van der Waals surface area contributed by atoms with Crippen molar-refractivity contribution >= 4 is 24.0 Å². The maximum absolute atomic E-state index is 4.96. The number of rotatable bonds is 2. The minimum absolute atomic E-state index is 0.672. The Morgan fingerprint density at radius 1 is 1.73 bits per heavy atom. The molecule has 0 amide bonds. The number of hydrogen-bond donors (Lipinski definition) is 1. The van der Waals surface area contributed by atoms with E-state index in [0.29, 0.717) is 4.64 Å². The standard InChI is InChI=1S/C7H10N2S2/c1-5-3-7(10)9-6(8-5)4-11-2/h3H,4H2,1-2H3,(H,8,9,10). The highest BCUT2D eigenvalue weighted by Gasteiger charge is 1.93.